The summed E-state index contributed by atoms with van der Waals surface area (Å²) in [4.78, 5) is 0. The first-order valence-corrected chi connectivity index (χ1v) is 7.80. The van der Waals surface area contributed by atoms with E-state index in [1.54, 1.807) is 0 Å². The average molecular weight is 227 g/mol. The van der Waals surface area contributed by atoms with Crippen molar-refractivity contribution in [3.05, 3.63) is 11.6 Å². The minimum Gasteiger partial charge on any atom is -0.389 e. The smallest absolute Gasteiger partial charge is 0.129 e. The van der Waals surface area contributed by atoms with Crippen molar-refractivity contribution >= 4 is 10.9 Å². The average Bonchev–Trinajstić information content (AvgIpc) is 2.52. The van der Waals surface area contributed by atoms with E-state index in [-0.39, 0.29) is 6.10 Å². The Morgan fingerprint density at radius 1 is 1.40 bits per heavy atom. The topological polar surface area (TPSA) is 20.2 Å². The van der Waals surface area contributed by atoms with Crippen molar-refractivity contribution in [1.82, 2.24) is 0 Å². The van der Waals surface area contributed by atoms with Crippen molar-refractivity contribution in [2.45, 2.75) is 45.6 Å². The van der Waals surface area contributed by atoms with Crippen LogP contribution in [0.5, 0.6) is 0 Å². The first kappa shape index (κ1) is 11.5. The minimum atomic E-state index is -0.185. The lowest BCUT2D eigenvalue weighted by Gasteiger charge is -2.32. The van der Waals surface area contributed by atoms with Gasteiger partial charge in [-0.3, -0.25) is 0 Å². The van der Waals surface area contributed by atoms with E-state index in [0.717, 1.165) is 6.42 Å². The molecule has 0 amide bonds. The molecule has 1 unspecified atom stereocenters. The van der Waals surface area contributed by atoms with Crippen LogP contribution in [0.2, 0.25) is 0 Å². The predicted octanol–water partition coefficient (Wildman–Crippen LogP) is 2.51. The molecule has 1 atom stereocenters. The zero-order chi connectivity index (χ0) is 10.9. The number of aliphatic hydroxyl groups is 1. The fourth-order valence-corrected chi connectivity index (χ4v) is 5.30. The highest BCUT2D eigenvalue weighted by Gasteiger charge is 2.32. The van der Waals surface area contributed by atoms with Crippen LogP contribution in [0.1, 0.15) is 39.5 Å². The summed E-state index contributed by atoms with van der Waals surface area (Å²) >= 11 is 0. The summed E-state index contributed by atoms with van der Waals surface area (Å²) in [6, 6.07) is 0. The van der Waals surface area contributed by atoms with Crippen LogP contribution in [0.4, 0.5) is 0 Å². The molecule has 2 heteroatoms. The molecule has 1 fully saturated rings. The molecule has 1 heterocycles. The summed E-state index contributed by atoms with van der Waals surface area (Å²) in [6.45, 7) is 4.56. The maximum absolute atomic E-state index is 9.82. The van der Waals surface area contributed by atoms with E-state index in [4.69, 9.17) is 0 Å². The molecule has 2 rings (SSSR count). The monoisotopic (exact) mass is 227 g/mol. The maximum atomic E-state index is 9.82. The lowest BCUT2D eigenvalue weighted by atomic mass is 9.76. The quantitative estimate of drug-likeness (QED) is 0.568. The van der Waals surface area contributed by atoms with Gasteiger partial charge in [-0.25, -0.2) is 0 Å². The van der Waals surface area contributed by atoms with Gasteiger partial charge in [0.05, 0.1) is 6.10 Å². The van der Waals surface area contributed by atoms with Gasteiger partial charge < -0.3 is 5.11 Å². The molecule has 15 heavy (non-hydrogen) atoms. The first-order valence-electron chi connectivity index (χ1n) is 6.07. The molecule has 0 bridgehead atoms. The second kappa shape index (κ2) is 4.50. The molecule has 0 aromatic rings. The zero-order valence-electron chi connectivity index (χ0n) is 9.96. The molecule has 0 spiro atoms. The standard InChI is InChI=1S/C13H23OS/c1-13(2)8-11(7-12(14)9-13)10-15-5-3-4-6-15/h7,12,14H,3-6,8-10H2,1-2H3/q+1. The van der Waals surface area contributed by atoms with E-state index in [0.29, 0.717) is 16.3 Å². The van der Waals surface area contributed by atoms with Crippen LogP contribution in [0.25, 0.3) is 0 Å². The molecule has 86 valence electrons. The highest BCUT2D eigenvalue weighted by atomic mass is 32.2. The van der Waals surface area contributed by atoms with Gasteiger partial charge in [0.25, 0.3) is 0 Å². The summed E-state index contributed by atoms with van der Waals surface area (Å²) < 4.78 is 0. The SMILES string of the molecule is CC1(C)CC(C[S+]2CCCC2)=CC(O)C1. The van der Waals surface area contributed by atoms with Crippen LogP contribution in [-0.4, -0.2) is 28.5 Å². The summed E-state index contributed by atoms with van der Waals surface area (Å²) in [6.07, 6.45) is 6.95. The highest BCUT2D eigenvalue weighted by molar-refractivity contribution is 7.97. The Kier molecular flexibility index (Phi) is 3.46. The van der Waals surface area contributed by atoms with E-state index in [9.17, 15) is 5.11 Å². The Bertz CT molecular complexity index is 251. The van der Waals surface area contributed by atoms with Crippen molar-refractivity contribution in [2.75, 3.05) is 17.3 Å². The van der Waals surface area contributed by atoms with Crippen LogP contribution < -0.4 is 0 Å². The molecule has 1 saturated heterocycles. The molecule has 0 aromatic carbocycles. The summed E-state index contributed by atoms with van der Waals surface area (Å²) in [7, 11) is 0.648. The molecule has 0 radical (unpaired) electrons. The third kappa shape index (κ3) is 3.25. The fourth-order valence-electron chi connectivity index (χ4n) is 2.86. The largest absolute Gasteiger partial charge is 0.389 e. The fraction of sp³-hybridized carbons (Fsp3) is 0.846. The Hall–Kier alpha value is 0.0500. The molecular weight excluding hydrogens is 204 g/mol. The third-order valence-electron chi connectivity index (χ3n) is 3.40. The number of rotatable bonds is 2. The summed E-state index contributed by atoms with van der Waals surface area (Å²) in [5.41, 5.74) is 1.84. The van der Waals surface area contributed by atoms with Gasteiger partial charge in [-0.1, -0.05) is 19.9 Å². The van der Waals surface area contributed by atoms with Crippen molar-refractivity contribution in [3.8, 4) is 0 Å². The Morgan fingerprint density at radius 3 is 2.67 bits per heavy atom. The van der Waals surface area contributed by atoms with Crippen LogP contribution in [-0.2, 0) is 10.9 Å². The molecule has 1 aliphatic heterocycles. The molecule has 1 nitrogen and oxygen atoms in total. The van der Waals surface area contributed by atoms with E-state index in [1.807, 2.05) is 0 Å². The van der Waals surface area contributed by atoms with Crippen molar-refractivity contribution < 1.29 is 5.11 Å². The number of aliphatic hydroxyl groups excluding tert-OH is 1. The van der Waals surface area contributed by atoms with Gasteiger partial charge >= 0.3 is 0 Å². The minimum absolute atomic E-state index is 0.185. The van der Waals surface area contributed by atoms with Crippen LogP contribution in [0, 0.1) is 5.41 Å². The second-order valence-corrected chi connectivity index (χ2v) is 8.14. The van der Waals surface area contributed by atoms with Crippen LogP contribution in [0.15, 0.2) is 11.6 Å². The number of hydrogen-bond acceptors (Lipinski definition) is 1. The van der Waals surface area contributed by atoms with Crippen molar-refractivity contribution in [2.24, 2.45) is 5.41 Å². The molecule has 2 aliphatic rings. The Balaban J connectivity index is 1.95. The number of hydrogen-bond donors (Lipinski definition) is 1. The van der Waals surface area contributed by atoms with Gasteiger partial charge in [-0.05, 0) is 47.6 Å². The maximum Gasteiger partial charge on any atom is 0.129 e. The van der Waals surface area contributed by atoms with E-state index in [1.165, 1.54) is 42.1 Å². The van der Waals surface area contributed by atoms with E-state index >= 15 is 0 Å². The van der Waals surface area contributed by atoms with Gasteiger partial charge in [-0.2, -0.15) is 0 Å². The third-order valence-corrected chi connectivity index (χ3v) is 5.91. The lowest BCUT2D eigenvalue weighted by molar-refractivity contribution is 0.139. The second-order valence-electron chi connectivity index (χ2n) is 5.81. The van der Waals surface area contributed by atoms with Crippen molar-refractivity contribution in [1.29, 1.82) is 0 Å². The summed E-state index contributed by atoms with van der Waals surface area (Å²) in [5, 5.41) is 9.82. The van der Waals surface area contributed by atoms with Crippen molar-refractivity contribution in [3.63, 3.8) is 0 Å². The van der Waals surface area contributed by atoms with Crippen LogP contribution in [0.3, 0.4) is 0 Å². The molecule has 1 N–H and O–H groups in total. The van der Waals surface area contributed by atoms with Crippen LogP contribution >= 0.6 is 0 Å². The molecular formula is C13H23OS+. The van der Waals surface area contributed by atoms with E-state index in [2.05, 4.69) is 19.9 Å². The van der Waals surface area contributed by atoms with E-state index < -0.39 is 0 Å². The van der Waals surface area contributed by atoms with Gasteiger partial charge in [0.15, 0.2) is 0 Å². The van der Waals surface area contributed by atoms with Gasteiger partial charge in [-0.15, -0.1) is 0 Å². The molecule has 0 aromatic heterocycles. The normalized spacial score (nSPS) is 31.7. The molecule has 0 saturated carbocycles. The van der Waals surface area contributed by atoms with Gasteiger partial charge in [0.2, 0.25) is 0 Å². The first-order chi connectivity index (χ1) is 7.05. The highest BCUT2D eigenvalue weighted by Crippen LogP contribution is 2.36. The zero-order valence-corrected chi connectivity index (χ0v) is 10.8. The Labute approximate surface area is 96.3 Å². The van der Waals surface area contributed by atoms with Gasteiger partial charge in [0.1, 0.15) is 17.3 Å². The summed E-state index contributed by atoms with van der Waals surface area (Å²) in [5.74, 6) is 4.15. The molecule has 1 aliphatic carbocycles. The Morgan fingerprint density at radius 2 is 2.07 bits per heavy atom. The lowest BCUT2D eigenvalue weighted by Crippen LogP contribution is -2.27. The predicted molar refractivity (Wildman–Crippen MR) is 68.3 cm³/mol. The van der Waals surface area contributed by atoms with Gasteiger partial charge in [0, 0.05) is 0 Å².